The van der Waals surface area contributed by atoms with E-state index in [1.54, 1.807) is 7.05 Å². The molecular formula is C48H78NO8P. The molecule has 2 N–H and O–H groups in total. The Kier molecular flexibility index (Phi) is 40.8. The Labute approximate surface area is 352 Å². The smallest absolute Gasteiger partial charge is 0.462 e. The van der Waals surface area contributed by atoms with Crippen LogP contribution in [0.25, 0.3) is 0 Å². The predicted molar refractivity (Wildman–Crippen MR) is 242 cm³/mol. The van der Waals surface area contributed by atoms with Gasteiger partial charge in [-0.05, 0) is 96.9 Å². The minimum absolute atomic E-state index is 0.0397. The lowest BCUT2D eigenvalue weighted by Crippen LogP contribution is -2.29. The van der Waals surface area contributed by atoms with Crippen LogP contribution in [0.3, 0.4) is 0 Å². The van der Waals surface area contributed by atoms with Crippen LogP contribution in [0.4, 0.5) is 0 Å². The van der Waals surface area contributed by atoms with E-state index in [4.69, 9.17) is 18.5 Å². The Morgan fingerprint density at radius 1 is 0.552 bits per heavy atom. The summed E-state index contributed by atoms with van der Waals surface area (Å²) < 4.78 is 33.1. The van der Waals surface area contributed by atoms with Crippen LogP contribution in [-0.2, 0) is 32.7 Å². The highest BCUT2D eigenvalue weighted by molar-refractivity contribution is 7.47. The van der Waals surface area contributed by atoms with Crippen molar-refractivity contribution in [2.24, 2.45) is 0 Å². The highest BCUT2D eigenvalue weighted by Gasteiger charge is 2.26. The summed E-state index contributed by atoms with van der Waals surface area (Å²) in [4.78, 5) is 35.0. The zero-order chi connectivity index (χ0) is 42.5. The van der Waals surface area contributed by atoms with Crippen molar-refractivity contribution in [2.75, 3.05) is 33.4 Å². The number of hydrogen-bond donors (Lipinski definition) is 2. The SMILES string of the molecule is CC/C=C\C/C=C\C/C=C\C/C=C\CCCCCCC(=O)OC(COC(=O)CC/C=C\C/C=C\C/C=C\C/C=C\C/C=C\CCCCC)COP(=O)(O)OCCNC. The normalized spacial score (nSPS) is 14.3. The van der Waals surface area contributed by atoms with Gasteiger partial charge in [0.25, 0.3) is 0 Å². The number of ether oxygens (including phenoxy) is 2. The second-order valence-corrected chi connectivity index (χ2v) is 15.2. The molecule has 0 aromatic rings. The van der Waals surface area contributed by atoms with E-state index in [0.717, 1.165) is 77.0 Å². The molecule has 0 radical (unpaired) electrons. The summed E-state index contributed by atoms with van der Waals surface area (Å²) in [5.74, 6) is -0.943. The Balaban J connectivity index is 4.42. The number of carbonyl (C=O) groups is 2. The summed E-state index contributed by atoms with van der Waals surface area (Å²) >= 11 is 0. The molecule has 0 rings (SSSR count). The third-order valence-electron chi connectivity index (χ3n) is 8.39. The van der Waals surface area contributed by atoms with Gasteiger partial charge < -0.3 is 19.7 Å². The molecule has 0 aromatic carbocycles. The van der Waals surface area contributed by atoms with Crippen LogP contribution in [0.5, 0.6) is 0 Å². The van der Waals surface area contributed by atoms with Gasteiger partial charge in [-0.2, -0.15) is 0 Å². The average Bonchev–Trinajstić information content (AvgIpc) is 3.21. The van der Waals surface area contributed by atoms with Crippen molar-refractivity contribution < 1.29 is 37.6 Å². The van der Waals surface area contributed by atoms with E-state index in [0.29, 0.717) is 19.4 Å². The number of carbonyl (C=O) groups excluding carboxylic acids is 2. The lowest BCUT2D eigenvalue weighted by molar-refractivity contribution is -0.161. The Morgan fingerprint density at radius 3 is 1.52 bits per heavy atom. The largest absolute Gasteiger partial charge is 0.472 e. The van der Waals surface area contributed by atoms with Crippen molar-refractivity contribution in [3.8, 4) is 0 Å². The van der Waals surface area contributed by atoms with Gasteiger partial charge in [0.05, 0.1) is 13.2 Å². The molecular weight excluding hydrogens is 750 g/mol. The van der Waals surface area contributed by atoms with E-state index >= 15 is 0 Å². The Morgan fingerprint density at radius 2 is 1.02 bits per heavy atom. The van der Waals surface area contributed by atoms with Crippen molar-refractivity contribution >= 4 is 19.8 Å². The minimum Gasteiger partial charge on any atom is -0.462 e. The quantitative estimate of drug-likeness (QED) is 0.0270. The van der Waals surface area contributed by atoms with Gasteiger partial charge in [0.2, 0.25) is 0 Å². The Bertz CT molecular complexity index is 1310. The maximum atomic E-state index is 12.6. The van der Waals surface area contributed by atoms with E-state index in [2.05, 4.69) is 116 Å². The number of nitrogens with one attached hydrogen (secondary N) is 1. The summed E-state index contributed by atoms with van der Waals surface area (Å²) in [7, 11) is -2.70. The van der Waals surface area contributed by atoms with Crippen molar-refractivity contribution in [1.29, 1.82) is 0 Å². The van der Waals surface area contributed by atoms with Crippen molar-refractivity contribution in [1.82, 2.24) is 5.32 Å². The molecule has 2 unspecified atom stereocenters. The first-order chi connectivity index (χ1) is 28.3. The van der Waals surface area contributed by atoms with E-state index < -0.39 is 32.5 Å². The number of allylic oxidation sites excluding steroid dienone is 18. The standard InChI is InChI=1S/C48H78NO8P/c1-4-6-8-10-12-14-16-18-20-22-23-25-26-28-30-32-34-36-38-40-47(50)54-44-46(45-56-58(52,53)55-43-42-49-3)57-48(51)41-39-37-35-33-31-29-27-24-21-19-17-15-13-11-9-7-5-2/h7,9,12-15,18-21,23,25,27-30,34,36,46,49H,4-6,8,10-11,16-17,22,24,26,31-33,35,37-45H2,1-3H3,(H,52,53)/b9-7-,14-12-,15-13-,20-18-,21-19-,25-23-,29-27-,30-28-,36-34-. The van der Waals surface area contributed by atoms with Crippen molar-refractivity contribution in [3.63, 3.8) is 0 Å². The highest BCUT2D eigenvalue weighted by atomic mass is 31.2. The predicted octanol–water partition coefficient (Wildman–Crippen LogP) is 12.6. The fraction of sp³-hybridized carbons (Fsp3) is 0.583. The van der Waals surface area contributed by atoms with Crippen LogP contribution in [0.15, 0.2) is 109 Å². The van der Waals surface area contributed by atoms with Gasteiger partial charge in [-0.3, -0.25) is 18.6 Å². The molecule has 0 aliphatic heterocycles. The van der Waals surface area contributed by atoms with Crippen LogP contribution < -0.4 is 5.32 Å². The topological polar surface area (TPSA) is 120 Å². The fourth-order valence-corrected chi connectivity index (χ4v) is 5.86. The third kappa shape index (κ3) is 42.3. The molecule has 0 amide bonds. The number of rotatable bonds is 39. The van der Waals surface area contributed by atoms with Crippen LogP contribution in [0.2, 0.25) is 0 Å². The summed E-state index contributed by atoms with van der Waals surface area (Å²) in [6, 6.07) is 0. The second-order valence-electron chi connectivity index (χ2n) is 13.8. The first kappa shape index (κ1) is 54.7. The maximum absolute atomic E-state index is 12.6. The molecule has 0 aliphatic rings. The first-order valence-corrected chi connectivity index (χ1v) is 23.3. The fourth-order valence-electron chi connectivity index (χ4n) is 5.11. The van der Waals surface area contributed by atoms with E-state index in [1.807, 2.05) is 12.2 Å². The van der Waals surface area contributed by atoms with Crippen LogP contribution >= 0.6 is 7.82 Å². The zero-order valence-corrected chi connectivity index (χ0v) is 37.1. The van der Waals surface area contributed by atoms with Gasteiger partial charge in [-0.1, -0.05) is 149 Å². The number of phosphoric ester groups is 1. The van der Waals surface area contributed by atoms with E-state index in [1.165, 1.54) is 25.7 Å². The highest BCUT2D eigenvalue weighted by Crippen LogP contribution is 2.43. The summed E-state index contributed by atoms with van der Waals surface area (Å²) in [5.41, 5.74) is 0. The molecule has 9 nitrogen and oxygen atoms in total. The van der Waals surface area contributed by atoms with Gasteiger partial charge in [0.15, 0.2) is 6.10 Å². The van der Waals surface area contributed by atoms with Gasteiger partial charge in [0, 0.05) is 19.4 Å². The van der Waals surface area contributed by atoms with Gasteiger partial charge in [0.1, 0.15) is 6.61 Å². The molecule has 2 atom stereocenters. The third-order valence-corrected chi connectivity index (χ3v) is 9.37. The summed E-state index contributed by atoms with van der Waals surface area (Å²) in [6.45, 7) is 3.94. The molecule has 328 valence electrons. The van der Waals surface area contributed by atoms with Gasteiger partial charge in [-0.15, -0.1) is 0 Å². The van der Waals surface area contributed by atoms with Crippen LogP contribution in [0, 0.1) is 0 Å². The molecule has 0 aliphatic carbocycles. The molecule has 0 aromatic heterocycles. The number of unbranched alkanes of at least 4 members (excludes halogenated alkanes) is 7. The van der Waals surface area contributed by atoms with Crippen molar-refractivity contribution in [2.45, 2.75) is 148 Å². The van der Waals surface area contributed by atoms with E-state index in [-0.39, 0.29) is 26.1 Å². The number of phosphoric acid groups is 1. The van der Waals surface area contributed by atoms with E-state index in [9.17, 15) is 19.0 Å². The van der Waals surface area contributed by atoms with Crippen LogP contribution in [0.1, 0.15) is 142 Å². The lowest BCUT2D eigenvalue weighted by Gasteiger charge is -2.20. The van der Waals surface area contributed by atoms with Gasteiger partial charge >= 0.3 is 19.8 Å². The van der Waals surface area contributed by atoms with Crippen LogP contribution in [-0.4, -0.2) is 56.3 Å². The molecule has 0 bridgehead atoms. The monoisotopic (exact) mass is 828 g/mol. The molecule has 10 heteroatoms. The molecule has 0 spiro atoms. The molecule has 58 heavy (non-hydrogen) atoms. The Hall–Kier alpha value is -3.33. The summed E-state index contributed by atoms with van der Waals surface area (Å²) in [5, 5.41) is 2.81. The maximum Gasteiger partial charge on any atom is 0.472 e. The lowest BCUT2D eigenvalue weighted by atomic mass is 10.1. The molecule has 0 fully saturated rings. The van der Waals surface area contributed by atoms with Crippen molar-refractivity contribution in [3.05, 3.63) is 109 Å². The molecule has 0 saturated carbocycles. The first-order valence-electron chi connectivity index (χ1n) is 21.8. The second kappa shape index (κ2) is 43.3. The molecule has 0 saturated heterocycles. The number of hydrogen-bond acceptors (Lipinski definition) is 8. The average molecular weight is 828 g/mol. The number of esters is 2. The number of likely N-dealkylation sites (N-methyl/N-ethyl adjacent to an activating group) is 1. The molecule has 0 heterocycles. The minimum atomic E-state index is -4.38. The summed E-state index contributed by atoms with van der Waals surface area (Å²) in [6.07, 6.45) is 55.7. The van der Waals surface area contributed by atoms with Gasteiger partial charge in [-0.25, -0.2) is 4.57 Å². The zero-order valence-electron chi connectivity index (χ0n) is 36.2.